The van der Waals surface area contributed by atoms with E-state index in [1.54, 1.807) is 11.3 Å². The van der Waals surface area contributed by atoms with Gasteiger partial charge in [-0.25, -0.2) is 4.98 Å². The van der Waals surface area contributed by atoms with Crippen LogP contribution in [0.1, 0.15) is 15.4 Å². The van der Waals surface area contributed by atoms with Crippen molar-refractivity contribution in [1.29, 1.82) is 0 Å². The van der Waals surface area contributed by atoms with Gasteiger partial charge in [-0.05, 0) is 56.1 Å². The minimum absolute atomic E-state index is 0.0250. The third-order valence-electron chi connectivity index (χ3n) is 2.91. The zero-order valence-electron chi connectivity index (χ0n) is 10.3. The van der Waals surface area contributed by atoms with Crippen molar-refractivity contribution < 1.29 is 4.79 Å². The van der Waals surface area contributed by atoms with Crippen LogP contribution in [0.4, 0.5) is 0 Å². The molecule has 0 N–H and O–H groups in total. The molecule has 0 unspecified atom stereocenters. The number of aromatic nitrogens is 1. The Kier molecular flexibility index (Phi) is 4.01. The summed E-state index contributed by atoms with van der Waals surface area (Å²) < 4.78 is 1.78. The Morgan fingerprint density at radius 2 is 1.95 bits per heavy atom. The van der Waals surface area contributed by atoms with Crippen LogP contribution in [0.2, 0.25) is 0 Å². The second kappa shape index (κ2) is 5.76. The van der Waals surface area contributed by atoms with Crippen LogP contribution in [-0.4, -0.2) is 10.8 Å². The molecule has 3 aromatic rings. The Morgan fingerprint density at radius 3 is 2.70 bits per heavy atom. The summed E-state index contributed by atoms with van der Waals surface area (Å²) in [5, 5.41) is 1.02. The van der Waals surface area contributed by atoms with Gasteiger partial charge in [0.25, 0.3) is 0 Å². The molecular weight excluding hydrogens is 402 g/mol. The molecular formula is C15H9Br2NOS. The number of Topliss-reactive ketones (excluding diaryl/α,β-unsaturated/α-hetero) is 1. The zero-order chi connectivity index (χ0) is 14.1. The minimum atomic E-state index is 0.0250. The molecule has 0 aliphatic carbocycles. The van der Waals surface area contributed by atoms with Crippen LogP contribution in [0.3, 0.4) is 0 Å². The number of thiophene rings is 1. The van der Waals surface area contributed by atoms with E-state index in [-0.39, 0.29) is 5.78 Å². The highest BCUT2D eigenvalue weighted by Gasteiger charge is 2.14. The Labute approximate surface area is 137 Å². The number of pyridine rings is 1. The van der Waals surface area contributed by atoms with Gasteiger partial charge < -0.3 is 0 Å². The first-order chi connectivity index (χ1) is 9.63. The van der Waals surface area contributed by atoms with Crippen molar-refractivity contribution in [3.05, 3.63) is 61.3 Å². The van der Waals surface area contributed by atoms with E-state index in [0.717, 1.165) is 24.0 Å². The van der Waals surface area contributed by atoms with Crippen LogP contribution in [0.15, 0.2) is 50.7 Å². The summed E-state index contributed by atoms with van der Waals surface area (Å²) in [4.78, 5) is 17.9. The lowest BCUT2D eigenvalue weighted by molar-refractivity contribution is 0.0988. The maximum absolute atomic E-state index is 12.4. The molecule has 0 bridgehead atoms. The predicted molar refractivity (Wildman–Crippen MR) is 89.5 cm³/mol. The van der Waals surface area contributed by atoms with Gasteiger partial charge in [0, 0.05) is 21.2 Å². The number of halogens is 2. The van der Waals surface area contributed by atoms with E-state index in [0.29, 0.717) is 12.1 Å². The van der Waals surface area contributed by atoms with Gasteiger partial charge >= 0.3 is 0 Å². The number of ketones is 1. The molecule has 1 aromatic carbocycles. The highest BCUT2D eigenvalue weighted by atomic mass is 79.9. The van der Waals surface area contributed by atoms with Crippen LogP contribution >= 0.6 is 43.2 Å². The van der Waals surface area contributed by atoms with Crippen LogP contribution < -0.4 is 0 Å². The third-order valence-corrected chi connectivity index (χ3v) is 5.13. The summed E-state index contributed by atoms with van der Waals surface area (Å²) in [6, 6.07) is 13.6. The van der Waals surface area contributed by atoms with E-state index in [1.807, 2.05) is 42.5 Å². The average molecular weight is 411 g/mol. The van der Waals surface area contributed by atoms with E-state index in [9.17, 15) is 4.79 Å². The third kappa shape index (κ3) is 2.85. The molecule has 2 nitrogen and oxygen atoms in total. The van der Waals surface area contributed by atoms with Crippen LogP contribution in [-0.2, 0) is 6.42 Å². The smallest absolute Gasteiger partial charge is 0.187 e. The minimum Gasteiger partial charge on any atom is -0.292 e. The van der Waals surface area contributed by atoms with Crippen LogP contribution in [0.5, 0.6) is 0 Å². The first-order valence-electron chi connectivity index (χ1n) is 5.96. The van der Waals surface area contributed by atoms with Crippen LogP contribution in [0, 0.1) is 0 Å². The molecule has 2 heterocycles. The summed E-state index contributed by atoms with van der Waals surface area (Å²) in [6.07, 6.45) is 0.375. The van der Waals surface area contributed by atoms with Gasteiger partial charge in [0.15, 0.2) is 5.78 Å². The standard InChI is InChI=1S/C15H9Br2NOS/c16-11-7-9-3-1-2-4-12(9)18-15(11)13(19)8-10-5-6-14(17)20-10/h1-7H,8H2. The number of fused-ring (bicyclic) bond motifs is 1. The highest BCUT2D eigenvalue weighted by Crippen LogP contribution is 2.26. The number of nitrogens with zero attached hydrogens (tertiary/aromatic N) is 1. The van der Waals surface area contributed by atoms with E-state index < -0.39 is 0 Å². The summed E-state index contributed by atoms with van der Waals surface area (Å²) in [6.45, 7) is 0. The first kappa shape index (κ1) is 13.9. The lowest BCUT2D eigenvalue weighted by Crippen LogP contribution is -2.06. The fourth-order valence-corrected chi connectivity index (χ4v) is 4.01. The Bertz CT molecular complexity index is 797. The number of hydrogen-bond donors (Lipinski definition) is 0. The Morgan fingerprint density at radius 1 is 1.15 bits per heavy atom. The lowest BCUT2D eigenvalue weighted by Gasteiger charge is -2.04. The fraction of sp³-hybridized carbons (Fsp3) is 0.0667. The van der Waals surface area contributed by atoms with Crippen molar-refractivity contribution in [3.8, 4) is 0 Å². The summed E-state index contributed by atoms with van der Waals surface area (Å²) >= 11 is 8.43. The van der Waals surface area contributed by atoms with Gasteiger partial charge in [0.2, 0.25) is 0 Å². The predicted octanol–water partition coefficient (Wildman–Crippen LogP) is 5.25. The van der Waals surface area contributed by atoms with Gasteiger partial charge in [-0.15, -0.1) is 11.3 Å². The van der Waals surface area contributed by atoms with Gasteiger partial charge in [0.05, 0.1) is 9.30 Å². The number of carbonyl (C=O) groups is 1. The van der Waals surface area contributed by atoms with E-state index in [4.69, 9.17) is 0 Å². The molecule has 100 valence electrons. The number of carbonyl (C=O) groups excluding carboxylic acids is 1. The quantitative estimate of drug-likeness (QED) is 0.552. The molecule has 5 heteroatoms. The highest BCUT2D eigenvalue weighted by molar-refractivity contribution is 9.11. The molecule has 0 spiro atoms. The van der Waals surface area contributed by atoms with Gasteiger partial charge in [-0.3, -0.25) is 4.79 Å². The van der Waals surface area contributed by atoms with Crippen molar-refractivity contribution >= 4 is 59.9 Å². The zero-order valence-corrected chi connectivity index (χ0v) is 14.3. The molecule has 0 radical (unpaired) electrons. The fourth-order valence-electron chi connectivity index (χ4n) is 1.97. The van der Waals surface area contributed by atoms with E-state index >= 15 is 0 Å². The topological polar surface area (TPSA) is 30.0 Å². The monoisotopic (exact) mass is 409 g/mol. The van der Waals surface area contributed by atoms with Crippen LogP contribution in [0.25, 0.3) is 10.9 Å². The first-order valence-corrected chi connectivity index (χ1v) is 8.36. The van der Waals surface area contributed by atoms with Gasteiger partial charge in [0.1, 0.15) is 5.69 Å². The Balaban J connectivity index is 1.96. The molecule has 0 fully saturated rings. The van der Waals surface area contributed by atoms with Crippen molar-refractivity contribution in [3.63, 3.8) is 0 Å². The van der Waals surface area contributed by atoms with E-state index in [2.05, 4.69) is 36.8 Å². The summed E-state index contributed by atoms with van der Waals surface area (Å²) in [7, 11) is 0. The number of para-hydroxylation sites is 1. The molecule has 0 saturated carbocycles. The van der Waals surface area contributed by atoms with Crippen molar-refractivity contribution in [2.45, 2.75) is 6.42 Å². The number of hydrogen-bond acceptors (Lipinski definition) is 3. The summed E-state index contributed by atoms with van der Waals surface area (Å²) in [5.74, 6) is 0.0250. The molecule has 20 heavy (non-hydrogen) atoms. The van der Waals surface area contributed by atoms with E-state index in [1.165, 1.54) is 0 Å². The molecule has 3 rings (SSSR count). The summed E-state index contributed by atoms with van der Waals surface area (Å²) in [5.41, 5.74) is 1.33. The van der Waals surface area contributed by atoms with Crippen molar-refractivity contribution in [1.82, 2.24) is 4.98 Å². The number of rotatable bonds is 3. The largest absolute Gasteiger partial charge is 0.292 e. The second-order valence-electron chi connectivity index (χ2n) is 4.32. The molecule has 2 aromatic heterocycles. The average Bonchev–Trinajstić information content (AvgIpc) is 2.83. The maximum atomic E-state index is 12.4. The number of benzene rings is 1. The normalized spacial score (nSPS) is 10.9. The second-order valence-corrected chi connectivity index (χ2v) is 7.72. The van der Waals surface area contributed by atoms with Gasteiger partial charge in [-0.1, -0.05) is 18.2 Å². The SMILES string of the molecule is O=C(Cc1ccc(Br)s1)c1nc2ccccc2cc1Br. The molecule has 0 aliphatic rings. The van der Waals surface area contributed by atoms with Gasteiger partial charge in [-0.2, -0.15) is 0 Å². The lowest BCUT2D eigenvalue weighted by atomic mass is 10.1. The molecule has 0 amide bonds. The molecule has 0 aliphatic heterocycles. The molecule has 0 atom stereocenters. The maximum Gasteiger partial charge on any atom is 0.187 e. The molecule has 0 saturated heterocycles. The van der Waals surface area contributed by atoms with Crippen molar-refractivity contribution in [2.75, 3.05) is 0 Å². The Hall–Kier alpha value is -1.04. The van der Waals surface area contributed by atoms with Crippen molar-refractivity contribution in [2.24, 2.45) is 0 Å².